The van der Waals surface area contributed by atoms with Crippen LogP contribution in [0.4, 0.5) is 0 Å². The Balaban J connectivity index is 3.89. The highest BCUT2D eigenvalue weighted by atomic mass is 16.5. The van der Waals surface area contributed by atoms with E-state index in [9.17, 15) is 4.79 Å². The molecule has 2 atom stereocenters. The van der Waals surface area contributed by atoms with Gasteiger partial charge in [0, 0.05) is 17.0 Å². The number of ether oxygens (including phenoxy) is 1. The fourth-order valence-electron chi connectivity index (χ4n) is 3.77. The summed E-state index contributed by atoms with van der Waals surface area (Å²) in [5.74, 6) is -0.143. The van der Waals surface area contributed by atoms with Gasteiger partial charge in [0.25, 0.3) is 0 Å². The second-order valence-electron chi connectivity index (χ2n) is 9.00. The third-order valence-electron chi connectivity index (χ3n) is 5.53. The van der Waals surface area contributed by atoms with Crippen molar-refractivity contribution >= 4 is 5.97 Å². The van der Waals surface area contributed by atoms with Crippen molar-refractivity contribution in [3.8, 4) is 0 Å². The van der Waals surface area contributed by atoms with E-state index in [1.165, 1.54) is 70.6 Å². The molecule has 0 heterocycles. The van der Waals surface area contributed by atoms with Gasteiger partial charge in [-0.2, -0.15) is 0 Å². The molecule has 0 fully saturated rings. The molecule has 0 spiro atoms. The van der Waals surface area contributed by atoms with Crippen molar-refractivity contribution in [2.75, 3.05) is 0 Å². The van der Waals surface area contributed by atoms with E-state index in [1.54, 1.807) is 6.92 Å². The first-order valence-electron chi connectivity index (χ1n) is 11.4. The summed E-state index contributed by atoms with van der Waals surface area (Å²) in [6, 6.07) is 0. The van der Waals surface area contributed by atoms with E-state index in [2.05, 4.69) is 13.5 Å². The molecule has 2 unspecified atom stereocenters. The standard InChI is InChI=1S/C24H47NO2/c1-7-8-9-10-11-12-13-14-15-16-17-18-19-22(24(5,6)25)21(4)27-23(26)20(2)3/h21-22H,2,7-19,25H2,1,3-6H3. The van der Waals surface area contributed by atoms with Crippen LogP contribution < -0.4 is 5.73 Å². The summed E-state index contributed by atoms with van der Waals surface area (Å²) >= 11 is 0. The lowest BCUT2D eigenvalue weighted by Gasteiger charge is -2.35. The minimum Gasteiger partial charge on any atom is -0.459 e. The van der Waals surface area contributed by atoms with Crippen molar-refractivity contribution in [2.24, 2.45) is 11.7 Å². The molecule has 3 heteroatoms. The molecule has 0 aromatic rings. The average Bonchev–Trinajstić information content (AvgIpc) is 2.57. The smallest absolute Gasteiger partial charge is 0.333 e. The molecule has 0 aliphatic carbocycles. The van der Waals surface area contributed by atoms with Gasteiger partial charge in [-0.15, -0.1) is 0 Å². The topological polar surface area (TPSA) is 52.3 Å². The molecule has 0 bridgehead atoms. The van der Waals surface area contributed by atoms with Crippen molar-refractivity contribution in [2.45, 2.75) is 130 Å². The number of rotatable bonds is 17. The molecule has 0 radical (unpaired) electrons. The van der Waals surface area contributed by atoms with Gasteiger partial charge < -0.3 is 10.5 Å². The van der Waals surface area contributed by atoms with Gasteiger partial charge in [0.1, 0.15) is 6.10 Å². The maximum absolute atomic E-state index is 11.8. The van der Waals surface area contributed by atoms with E-state index in [1.807, 2.05) is 20.8 Å². The summed E-state index contributed by atoms with van der Waals surface area (Å²) in [6.07, 6.45) is 17.0. The molecule has 0 aliphatic rings. The maximum atomic E-state index is 11.8. The van der Waals surface area contributed by atoms with Crippen LogP contribution in [-0.4, -0.2) is 17.6 Å². The third kappa shape index (κ3) is 13.9. The number of hydrogen-bond donors (Lipinski definition) is 1. The highest BCUT2D eigenvalue weighted by molar-refractivity contribution is 5.87. The number of carbonyl (C=O) groups excluding carboxylic acids is 1. The first-order chi connectivity index (χ1) is 12.7. The lowest BCUT2D eigenvalue weighted by atomic mass is 9.80. The van der Waals surface area contributed by atoms with Gasteiger partial charge in [0.15, 0.2) is 0 Å². The molecule has 160 valence electrons. The number of carbonyl (C=O) groups is 1. The fraction of sp³-hybridized carbons (Fsp3) is 0.875. The Bertz CT molecular complexity index is 398. The fourth-order valence-corrected chi connectivity index (χ4v) is 3.77. The Kier molecular flexibility index (Phi) is 14.7. The second kappa shape index (κ2) is 15.1. The van der Waals surface area contributed by atoms with Crippen LogP contribution in [0.25, 0.3) is 0 Å². The lowest BCUT2D eigenvalue weighted by Crippen LogP contribution is -2.47. The number of hydrogen-bond acceptors (Lipinski definition) is 3. The van der Waals surface area contributed by atoms with E-state index < -0.39 is 0 Å². The predicted octanol–water partition coefficient (Wildman–Crippen LogP) is 6.94. The zero-order valence-corrected chi connectivity index (χ0v) is 18.9. The van der Waals surface area contributed by atoms with Crippen LogP contribution in [-0.2, 0) is 9.53 Å². The Hall–Kier alpha value is -0.830. The first kappa shape index (κ1) is 26.2. The monoisotopic (exact) mass is 381 g/mol. The maximum Gasteiger partial charge on any atom is 0.333 e. The van der Waals surface area contributed by atoms with E-state index in [0.29, 0.717) is 5.57 Å². The predicted molar refractivity (Wildman–Crippen MR) is 118 cm³/mol. The van der Waals surface area contributed by atoms with Crippen molar-refractivity contribution < 1.29 is 9.53 Å². The van der Waals surface area contributed by atoms with Gasteiger partial charge in [0.05, 0.1) is 0 Å². The highest BCUT2D eigenvalue weighted by Gasteiger charge is 2.32. The number of esters is 1. The third-order valence-corrected chi connectivity index (χ3v) is 5.53. The second-order valence-corrected chi connectivity index (χ2v) is 9.00. The first-order valence-corrected chi connectivity index (χ1v) is 11.4. The summed E-state index contributed by atoms with van der Waals surface area (Å²) in [4.78, 5) is 11.8. The molecule has 27 heavy (non-hydrogen) atoms. The number of nitrogens with two attached hydrogens (primary N) is 1. The van der Waals surface area contributed by atoms with Crippen molar-refractivity contribution in [3.05, 3.63) is 12.2 Å². The molecule has 0 saturated heterocycles. The van der Waals surface area contributed by atoms with E-state index >= 15 is 0 Å². The van der Waals surface area contributed by atoms with Crippen molar-refractivity contribution in [3.63, 3.8) is 0 Å². The molecule has 3 nitrogen and oxygen atoms in total. The van der Waals surface area contributed by atoms with Crippen molar-refractivity contribution in [1.29, 1.82) is 0 Å². The minimum absolute atomic E-state index is 0.170. The van der Waals surface area contributed by atoms with Crippen LogP contribution in [0, 0.1) is 5.92 Å². The summed E-state index contributed by atoms with van der Waals surface area (Å²) < 4.78 is 5.54. The quantitative estimate of drug-likeness (QED) is 0.169. The Morgan fingerprint density at radius 3 is 1.70 bits per heavy atom. The molecular weight excluding hydrogens is 334 g/mol. The summed E-state index contributed by atoms with van der Waals surface area (Å²) in [5.41, 5.74) is 6.45. The Labute approximate surface area is 169 Å². The zero-order valence-electron chi connectivity index (χ0n) is 18.9. The molecule has 0 aromatic heterocycles. The van der Waals surface area contributed by atoms with Crippen LogP contribution in [0.3, 0.4) is 0 Å². The van der Waals surface area contributed by atoms with Gasteiger partial charge in [-0.05, 0) is 34.1 Å². The van der Waals surface area contributed by atoms with Crippen LogP contribution in [0.15, 0.2) is 12.2 Å². The van der Waals surface area contributed by atoms with Gasteiger partial charge in [-0.25, -0.2) is 4.79 Å². The minimum atomic E-state index is -0.355. The van der Waals surface area contributed by atoms with Gasteiger partial charge in [-0.3, -0.25) is 0 Å². The molecule has 2 N–H and O–H groups in total. The molecular formula is C24H47NO2. The van der Waals surface area contributed by atoms with Crippen LogP contribution >= 0.6 is 0 Å². The molecule has 0 saturated carbocycles. The molecule has 0 aliphatic heterocycles. The Morgan fingerprint density at radius 1 is 0.926 bits per heavy atom. The van der Waals surface area contributed by atoms with Crippen molar-refractivity contribution in [1.82, 2.24) is 0 Å². The van der Waals surface area contributed by atoms with Crippen LogP contribution in [0.1, 0.15) is 118 Å². The van der Waals surface area contributed by atoms with Crippen LogP contribution in [0.5, 0.6) is 0 Å². The normalized spacial score (nSPS) is 14.0. The van der Waals surface area contributed by atoms with Gasteiger partial charge in [-0.1, -0.05) is 90.6 Å². The lowest BCUT2D eigenvalue weighted by molar-refractivity contribution is -0.147. The Morgan fingerprint density at radius 2 is 1.33 bits per heavy atom. The van der Waals surface area contributed by atoms with Gasteiger partial charge in [0.2, 0.25) is 0 Å². The summed E-state index contributed by atoms with van der Waals surface area (Å²) in [7, 11) is 0. The van der Waals surface area contributed by atoms with Gasteiger partial charge >= 0.3 is 5.97 Å². The highest BCUT2D eigenvalue weighted by Crippen LogP contribution is 2.27. The molecule has 0 amide bonds. The summed E-state index contributed by atoms with van der Waals surface area (Å²) in [6.45, 7) is 13.6. The van der Waals surface area contributed by atoms with Crippen LogP contribution in [0.2, 0.25) is 0 Å². The largest absolute Gasteiger partial charge is 0.459 e. The zero-order chi connectivity index (χ0) is 20.7. The SMILES string of the molecule is C=C(C)C(=O)OC(C)C(CCCCCCCCCCCCCC)C(C)(C)N. The van der Waals surface area contributed by atoms with E-state index in [4.69, 9.17) is 10.5 Å². The van der Waals surface area contributed by atoms with E-state index in [-0.39, 0.29) is 23.5 Å². The molecule has 0 aromatic carbocycles. The average molecular weight is 382 g/mol. The summed E-state index contributed by atoms with van der Waals surface area (Å²) in [5, 5.41) is 0. The van der Waals surface area contributed by atoms with E-state index in [0.717, 1.165) is 12.8 Å². The molecule has 0 rings (SSSR count). The number of unbranched alkanes of at least 4 members (excludes halogenated alkanes) is 11.